The summed E-state index contributed by atoms with van der Waals surface area (Å²) in [6.45, 7) is 6.32. The molecule has 2 aliphatic rings. The lowest BCUT2D eigenvalue weighted by atomic mass is 9.84. The third-order valence-electron chi connectivity index (χ3n) is 6.84. The number of hydrogen-bond donors (Lipinski definition) is 0. The Bertz CT molecular complexity index is 1130. The van der Waals surface area contributed by atoms with Gasteiger partial charge in [-0.2, -0.15) is 0 Å². The van der Waals surface area contributed by atoms with Crippen molar-refractivity contribution in [3.05, 3.63) is 89.5 Å². The standard InChI is InChI=1S/C30H33NO3/c1-3-26-27-16-15-25(32-2)21-28(27)34-30(29(26)22-9-5-4-6-10-22)23-11-13-24(14-12-23)33-20-19-31-17-7-8-18-31/h4-6,9-16,21,30H,3,7-8,17-20H2,1-2H3. The van der Waals surface area contributed by atoms with Crippen molar-refractivity contribution in [3.8, 4) is 17.2 Å². The Kier molecular flexibility index (Phi) is 6.87. The Hall–Kier alpha value is -3.24. The van der Waals surface area contributed by atoms with Gasteiger partial charge in [0, 0.05) is 23.7 Å². The van der Waals surface area contributed by atoms with Gasteiger partial charge in [-0.25, -0.2) is 0 Å². The number of methoxy groups -OCH3 is 1. The molecular formula is C30H33NO3. The SMILES string of the molecule is CCC1=C(c2ccccc2)C(c2ccc(OCCN3CCCC3)cc2)Oc2cc(OC)ccc21. The Labute approximate surface area is 202 Å². The van der Waals surface area contributed by atoms with Gasteiger partial charge >= 0.3 is 0 Å². The molecule has 5 rings (SSSR count). The van der Waals surface area contributed by atoms with Crippen molar-refractivity contribution >= 4 is 11.1 Å². The minimum atomic E-state index is -0.199. The fraction of sp³-hybridized carbons (Fsp3) is 0.333. The number of allylic oxidation sites excluding steroid dienone is 1. The second-order valence-electron chi connectivity index (χ2n) is 8.94. The quantitative estimate of drug-likeness (QED) is 0.382. The van der Waals surface area contributed by atoms with E-state index in [0.29, 0.717) is 0 Å². The fourth-order valence-electron chi connectivity index (χ4n) is 5.06. The summed E-state index contributed by atoms with van der Waals surface area (Å²) >= 11 is 0. The van der Waals surface area contributed by atoms with Crippen molar-refractivity contribution < 1.29 is 14.2 Å². The van der Waals surface area contributed by atoms with Crippen LogP contribution in [-0.2, 0) is 0 Å². The van der Waals surface area contributed by atoms with Crippen molar-refractivity contribution in [2.24, 2.45) is 0 Å². The largest absolute Gasteiger partial charge is 0.497 e. The van der Waals surface area contributed by atoms with E-state index in [1.165, 1.54) is 42.6 Å². The van der Waals surface area contributed by atoms with Crippen LogP contribution in [0, 0.1) is 0 Å². The van der Waals surface area contributed by atoms with Gasteiger partial charge in [-0.1, -0.05) is 49.4 Å². The van der Waals surface area contributed by atoms with Gasteiger partial charge in [0.15, 0.2) is 0 Å². The molecule has 2 aliphatic heterocycles. The molecule has 4 nitrogen and oxygen atoms in total. The van der Waals surface area contributed by atoms with Crippen LogP contribution in [0.15, 0.2) is 72.8 Å². The molecule has 1 atom stereocenters. The molecule has 3 aromatic carbocycles. The van der Waals surface area contributed by atoms with Crippen LogP contribution in [0.5, 0.6) is 17.2 Å². The van der Waals surface area contributed by atoms with Gasteiger partial charge < -0.3 is 14.2 Å². The second-order valence-corrected chi connectivity index (χ2v) is 8.94. The lowest BCUT2D eigenvalue weighted by Gasteiger charge is -2.32. The van der Waals surface area contributed by atoms with Crippen LogP contribution in [0.2, 0.25) is 0 Å². The van der Waals surface area contributed by atoms with Gasteiger partial charge in [-0.05, 0) is 73.3 Å². The van der Waals surface area contributed by atoms with Crippen LogP contribution in [0.4, 0.5) is 0 Å². The molecule has 1 fully saturated rings. The molecule has 0 radical (unpaired) electrons. The molecule has 34 heavy (non-hydrogen) atoms. The van der Waals surface area contributed by atoms with E-state index < -0.39 is 0 Å². The summed E-state index contributed by atoms with van der Waals surface area (Å²) in [5.41, 5.74) is 5.98. The molecule has 0 spiro atoms. The highest BCUT2D eigenvalue weighted by Crippen LogP contribution is 2.48. The molecule has 0 aromatic heterocycles. The van der Waals surface area contributed by atoms with E-state index in [1.807, 2.05) is 12.1 Å². The van der Waals surface area contributed by atoms with Crippen molar-refractivity contribution in [3.63, 3.8) is 0 Å². The lowest BCUT2D eigenvalue weighted by Crippen LogP contribution is -2.25. The molecule has 0 amide bonds. The van der Waals surface area contributed by atoms with Crippen LogP contribution >= 0.6 is 0 Å². The monoisotopic (exact) mass is 455 g/mol. The Morgan fingerprint density at radius 2 is 1.65 bits per heavy atom. The second kappa shape index (κ2) is 10.4. The van der Waals surface area contributed by atoms with E-state index in [0.717, 1.165) is 47.9 Å². The molecule has 0 saturated carbocycles. The number of rotatable bonds is 8. The molecule has 2 heterocycles. The van der Waals surface area contributed by atoms with Gasteiger partial charge in [-0.15, -0.1) is 0 Å². The van der Waals surface area contributed by atoms with E-state index in [1.54, 1.807) is 7.11 Å². The molecule has 4 heteroatoms. The van der Waals surface area contributed by atoms with Gasteiger partial charge in [0.1, 0.15) is 30.0 Å². The highest BCUT2D eigenvalue weighted by molar-refractivity contribution is 5.96. The highest BCUT2D eigenvalue weighted by atomic mass is 16.5. The van der Waals surface area contributed by atoms with Gasteiger partial charge in [0.25, 0.3) is 0 Å². The van der Waals surface area contributed by atoms with Crippen LogP contribution in [-0.4, -0.2) is 38.3 Å². The predicted molar refractivity (Wildman–Crippen MR) is 138 cm³/mol. The molecule has 0 bridgehead atoms. The zero-order chi connectivity index (χ0) is 23.3. The molecule has 3 aromatic rings. The van der Waals surface area contributed by atoms with E-state index in [4.69, 9.17) is 14.2 Å². The third kappa shape index (κ3) is 4.69. The van der Waals surface area contributed by atoms with E-state index in [2.05, 4.69) is 72.5 Å². The van der Waals surface area contributed by atoms with Crippen LogP contribution in [0.25, 0.3) is 11.1 Å². The fourth-order valence-corrected chi connectivity index (χ4v) is 5.06. The number of fused-ring (bicyclic) bond motifs is 1. The third-order valence-corrected chi connectivity index (χ3v) is 6.84. The number of ether oxygens (including phenoxy) is 3. The van der Waals surface area contributed by atoms with Gasteiger partial charge in [0.05, 0.1) is 7.11 Å². The van der Waals surface area contributed by atoms with Crippen molar-refractivity contribution in [2.75, 3.05) is 33.4 Å². The molecular weight excluding hydrogens is 422 g/mol. The zero-order valence-electron chi connectivity index (χ0n) is 20.1. The number of benzene rings is 3. The van der Waals surface area contributed by atoms with Crippen LogP contribution in [0.3, 0.4) is 0 Å². The lowest BCUT2D eigenvalue weighted by molar-refractivity contribution is 0.237. The van der Waals surface area contributed by atoms with Crippen molar-refractivity contribution in [2.45, 2.75) is 32.3 Å². The Balaban J connectivity index is 1.45. The molecule has 176 valence electrons. The first kappa shape index (κ1) is 22.5. The molecule has 1 unspecified atom stereocenters. The normalized spacial score (nSPS) is 17.9. The average molecular weight is 456 g/mol. The summed E-state index contributed by atoms with van der Waals surface area (Å²) in [7, 11) is 1.69. The zero-order valence-corrected chi connectivity index (χ0v) is 20.1. The number of hydrogen-bond acceptors (Lipinski definition) is 4. The summed E-state index contributed by atoms with van der Waals surface area (Å²) in [4.78, 5) is 2.47. The first-order chi connectivity index (χ1) is 16.8. The Morgan fingerprint density at radius 3 is 2.35 bits per heavy atom. The van der Waals surface area contributed by atoms with Crippen molar-refractivity contribution in [1.29, 1.82) is 0 Å². The van der Waals surface area contributed by atoms with E-state index in [-0.39, 0.29) is 6.10 Å². The average Bonchev–Trinajstić information content (AvgIpc) is 3.41. The predicted octanol–water partition coefficient (Wildman–Crippen LogP) is 6.62. The van der Waals surface area contributed by atoms with Gasteiger partial charge in [0.2, 0.25) is 0 Å². The maximum absolute atomic E-state index is 6.66. The van der Waals surface area contributed by atoms with Gasteiger partial charge in [-0.3, -0.25) is 4.90 Å². The summed E-state index contributed by atoms with van der Waals surface area (Å²) in [5.74, 6) is 2.58. The van der Waals surface area contributed by atoms with Crippen molar-refractivity contribution in [1.82, 2.24) is 4.90 Å². The maximum Gasteiger partial charge on any atom is 0.150 e. The summed E-state index contributed by atoms with van der Waals surface area (Å²) < 4.78 is 18.2. The van der Waals surface area contributed by atoms with Crippen LogP contribution < -0.4 is 14.2 Å². The summed E-state index contributed by atoms with van der Waals surface area (Å²) in [6.07, 6.45) is 3.33. The molecule has 0 aliphatic carbocycles. The summed E-state index contributed by atoms with van der Waals surface area (Å²) in [6, 6.07) is 25.1. The van der Waals surface area contributed by atoms with E-state index in [9.17, 15) is 0 Å². The minimum Gasteiger partial charge on any atom is -0.497 e. The topological polar surface area (TPSA) is 30.9 Å². The number of likely N-dealkylation sites (tertiary alicyclic amines) is 1. The Morgan fingerprint density at radius 1 is 0.912 bits per heavy atom. The maximum atomic E-state index is 6.66. The van der Waals surface area contributed by atoms with Crippen LogP contribution in [0.1, 0.15) is 49.0 Å². The number of nitrogens with zero attached hydrogens (tertiary/aromatic N) is 1. The smallest absolute Gasteiger partial charge is 0.150 e. The first-order valence-corrected chi connectivity index (χ1v) is 12.4. The molecule has 0 N–H and O–H groups in total. The first-order valence-electron chi connectivity index (χ1n) is 12.4. The molecule has 1 saturated heterocycles. The summed E-state index contributed by atoms with van der Waals surface area (Å²) in [5, 5.41) is 0. The van der Waals surface area contributed by atoms with E-state index >= 15 is 0 Å². The minimum absolute atomic E-state index is 0.199. The highest BCUT2D eigenvalue weighted by Gasteiger charge is 2.30.